The molecule has 0 aliphatic rings. The van der Waals surface area contributed by atoms with Crippen molar-refractivity contribution in [2.24, 2.45) is 0 Å². The Hall–Kier alpha value is -1.89. The minimum absolute atomic E-state index is 0.0353. The number of nitrogens with one attached hydrogen (secondary N) is 1. The van der Waals surface area contributed by atoms with Gasteiger partial charge in [-0.1, -0.05) is 6.07 Å². The van der Waals surface area contributed by atoms with Crippen LogP contribution in [0.1, 0.15) is 5.56 Å². The molecule has 0 atom stereocenters. The standard InChI is InChI=1S/C12H15F2NO4/c1-17-9-4-3-8(5-10(9)19-12(13)14)6-15-7-11(16)18-2/h3-5,12,15H,6-7H2,1-2H3. The van der Waals surface area contributed by atoms with E-state index in [1.54, 1.807) is 6.07 Å². The van der Waals surface area contributed by atoms with Crippen molar-refractivity contribution in [2.75, 3.05) is 20.8 Å². The smallest absolute Gasteiger partial charge is 0.387 e. The number of halogens is 2. The van der Waals surface area contributed by atoms with Gasteiger partial charge in [-0.2, -0.15) is 8.78 Å². The van der Waals surface area contributed by atoms with Gasteiger partial charge in [0.1, 0.15) is 0 Å². The van der Waals surface area contributed by atoms with E-state index < -0.39 is 12.6 Å². The van der Waals surface area contributed by atoms with Gasteiger partial charge in [0.2, 0.25) is 0 Å². The number of benzene rings is 1. The van der Waals surface area contributed by atoms with Crippen LogP contribution in [0.15, 0.2) is 18.2 Å². The molecule has 5 nitrogen and oxygen atoms in total. The Labute approximate surface area is 109 Å². The second-order valence-electron chi connectivity index (χ2n) is 3.54. The highest BCUT2D eigenvalue weighted by Crippen LogP contribution is 2.29. The van der Waals surface area contributed by atoms with Crippen molar-refractivity contribution in [3.8, 4) is 11.5 Å². The van der Waals surface area contributed by atoms with Crippen molar-refractivity contribution in [1.29, 1.82) is 0 Å². The Balaban J connectivity index is 2.66. The second-order valence-corrected chi connectivity index (χ2v) is 3.54. The number of methoxy groups -OCH3 is 2. The van der Waals surface area contributed by atoms with E-state index in [4.69, 9.17) is 4.74 Å². The van der Waals surface area contributed by atoms with E-state index >= 15 is 0 Å². The molecule has 19 heavy (non-hydrogen) atoms. The number of esters is 1. The van der Waals surface area contributed by atoms with Crippen molar-refractivity contribution in [3.63, 3.8) is 0 Å². The number of alkyl halides is 2. The molecule has 7 heteroatoms. The van der Waals surface area contributed by atoms with E-state index in [-0.39, 0.29) is 18.0 Å². The Kier molecular flexibility index (Phi) is 6.01. The molecule has 0 saturated carbocycles. The molecule has 0 fully saturated rings. The Bertz CT molecular complexity index is 426. The van der Waals surface area contributed by atoms with Crippen LogP contribution in [0, 0.1) is 0 Å². The number of rotatable bonds is 7. The molecule has 0 aromatic heterocycles. The van der Waals surface area contributed by atoms with Crippen LogP contribution in [0.3, 0.4) is 0 Å². The summed E-state index contributed by atoms with van der Waals surface area (Å²) in [5, 5.41) is 2.81. The van der Waals surface area contributed by atoms with E-state index in [1.807, 2.05) is 0 Å². The molecule has 0 saturated heterocycles. The summed E-state index contributed by atoms with van der Waals surface area (Å²) in [7, 11) is 2.65. The lowest BCUT2D eigenvalue weighted by Gasteiger charge is -2.11. The SMILES string of the molecule is COC(=O)CNCc1ccc(OC)c(OC(F)F)c1. The molecule has 0 aliphatic heterocycles. The third kappa shape index (κ3) is 5.09. The summed E-state index contributed by atoms with van der Waals surface area (Å²) in [5.74, 6) is -0.232. The summed E-state index contributed by atoms with van der Waals surface area (Å²) in [6.07, 6.45) is 0. The van der Waals surface area contributed by atoms with E-state index in [2.05, 4.69) is 14.8 Å². The molecule has 1 N–H and O–H groups in total. The third-order valence-electron chi connectivity index (χ3n) is 2.27. The van der Waals surface area contributed by atoms with Crippen LogP contribution < -0.4 is 14.8 Å². The fraction of sp³-hybridized carbons (Fsp3) is 0.417. The first-order valence-electron chi connectivity index (χ1n) is 5.46. The minimum Gasteiger partial charge on any atom is -0.493 e. The van der Waals surface area contributed by atoms with Crippen LogP contribution in [0.4, 0.5) is 8.78 Å². The maximum absolute atomic E-state index is 12.2. The lowest BCUT2D eigenvalue weighted by molar-refractivity contribution is -0.139. The molecule has 1 aromatic rings. The maximum atomic E-state index is 12.2. The highest BCUT2D eigenvalue weighted by atomic mass is 19.3. The second kappa shape index (κ2) is 7.52. The van der Waals surface area contributed by atoms with Crippen LogP contribution in [0.2, 0.25) is 0 Å². The predicted octanol–water partition coefficient (Wildman–Crippen LogP) is 1.56. The number of carbonyl (C=O) groups excluding carboxylic acids is 1. The first-order chi connectivity index (χ1) is 9.06. The van der Waals surface area contributed by atoms with Crippen LogP contribution in [-0.2, 0) is 16.1 Å². The van der Waals surface area contributed by atoms with Crippen molar-refractivity contribution in [3.05, 3.63) is 23.8 Å². The van der Waals surface area contributed by atoms with Crippen molar-refractivity contribution < 1.29 is 27.8 Å². The third-order valence-corrected chi connectivity index (χ3v) is 2.27. The van der Waals surface area contributed by atoms with Gasteiger partial charge in [-0.25, -0.2) is 0 Å². The minimum atomic E-state index is -2.92. The Morgan fingerprint density at radius 3 is 2.63 bits per heavy atom. The monoisotopic (exact) mass is 275 g/mol. The molecule has 0 unspecified atom stereocenters. The van der Waals surface area contributed by atoms with Crippen molar-refractivity contribution >= 4 is 5.97 Å². The van der Waals surface area contributed by atoms with E-state index in [0.717, 1.165) is 0 Å². The van der Waals surface area contributed by atoms with Gasteiger partial charge in [-0.3, -0.25) is 4.79 Å². The van der Waals surface area contributed by atoms with Gasteiger partial charge in [0.05, 0.1) is 20.8 Å². The van der Waals surface area contributed by atoms with Crippen LogP contribution in [0.25, 0.3) is 0 Å². The van der Waals surface area contributed by atoms with Crippen LogP contribution in [0.5, 0.6) is 11.5 Å². The normalized spacial score (nSPS) is 10.4. The fourth-order valence-electron chi connectivity index (χ4n) is 1.40. The average molecular weight is 275 g/mol. The van der Waals surface area contributed by atoms with Gasteiger partial charge in [0, 0.05) is 6.54 Å². The lowest BCUT2D eigenvalue weighted by atomic mass is 10.2. The molecule has 0 radical (unpaired) electrons. The van der Waals surface area contributed by atoms with Crippen LogP contribution in [-0.4, -0.2) is 33.3 Å². The summed E-state index contributed by atoms with van der Waals surface area (Å²) in [4.78, 5) is 10.9. The highest BCUT2D eigenvalue weighted by Gasteiger charge is 2.11. The maximum Gasteiger partial charge on any atom is 0.387 e. The van der Waals surface area contributed by atoms with E-state index in [1.165, 1.54) is 26.4 Å². The quantitative estimate of drug-likeness (QED) is 0.765. The average Bonchev–Trinajstić information content (AvgIpc) is 2.38. The van der Waals surface area contributed by atoms with Gasteiger partial charge in [0.25, 0.3) is 0 Å². The van der Waals surface area contributed by atoms with E-state index in [9.17, 15) is 13.6 Å². The molecule has 0 heterocycles. The highest BCUT2D eigenvalue weighted by molar-refractivity contribution is 5.71. The zero-order valence-electron chi connectivity index (χ0n) is 10.6. The lowest BCUT2D eigenvalue weighted by Crippen LogP contribution is -2.23. The summed E-state index contributed by atoms with van der Waals surface area (Å²) < 4.78 is 38.1. The zero-order chi connectivity index (χ0) is 14.3. The summed E-state index contributed by atoms with van der Waals surface area (Å²) in [5.41, 5.74) is 0.681. The summed E-state index contributed by atoms with van der Waals surface area (Å²) in [6, 6.07) is 4.63. The van der Waals surface area contributed by atoms with Crippen LogP contribution >= 0.6 is 0 Å². The van der Waals surface area contributed by atoms with Gasteiger partial charge >= 0.3 is 12.6 Å². The zero-order valence-corrected chi connectivity index (χ0v) is 10.6. The molecule has 0 spiro atoms. The van der Waals surface area contributed by atoms with Gasteiger partial charge in [-0.15, -0.1) is 0 Å². The molecule has 0 aliphatic carbocycles. The van der Waals surface area contributed by atoms with E-state index in [0.29, 0.717) is 12.1 Å². The van der Waals surface area contributed by atoms with Gasteiger partial charge in [-0.05, 0) is 17.7 Å². The van der Waals surface area contributed by atoms with Crippen molar-refractivity contribution in [1.82, 2.24) is 5.32 Å². The Morgan fingerprint density at radius 1 is 1.32 bits per heavy atom. The number of carbonyl (C=O) groups is 1. The van der Waals surface area contributed by atoms with Gasteiger partial charge < -0.3 is 19.5 Å². The number of hydrogen-bond acceptors (Lipinski definition) is 5. The fourth-order valence-corrected chi connectivity index (χ4v) is 1.40. The summed E-state index contributed by atoms with van der Waals surface area (Å²) >= 11 is 0. The molecule has 0 bridgehead atoms. The predicted molar refractivity (Wildman–Crippen MR) is 63.3 cm³/mol. The first kappa shape index (κ1) is 15.2. The molecular formula is C12H15F2NO4. The molecule has 0 amide bonds. The topological polar surface area (TPSA) is 56.8 Å². The van der Waals surface area contributed by atoms with Gasteiger partial charge in [0.15, 0.2) is 11.5 Å². The largest absolute Gasteiger partial charge is 0.493 e. The molecule has 1 aromatic carbocycles. The molecule has 106 valence electrons. The molecule has 1 rings (SSSR count). The summed E-state index contributed by atoms with van der Waals surface area (Å²) in [6.45, 7) is -2.57. The number of hydrogen-bond donors (Lipinski definition) is 1. The first-order valence-corrected chi connectivity index (χ1v) is 5.46. The van der Waals surface area contributed by atoms with Crippen molar-refractivity contribution in [2.45, 2.75) is 13.2 Å². The molecular weight excluding hydrogens is 260 g/mol. The number of ether oxygens (including phenoxy) is 3. The Morgan fingerprint density at radius 2 is 2.05 bits per heavy atom.